The van der Waals surface area contributed by atoms with Crippen LogP contribution in [0.25, 0.3) is 11.0 Å². The van der Waals surface area contributed by atoms with Gasteiger partial charge in [-0.15, -0.1) is 0 Å². The van der Waals surface area contributed by atoms with E-state index in [0.29, 0.717) is 0 Å². The molecule has 112 valence electrons. The average Bonchev–Trinajstić information content (AvgIpc) is 2.88. The van der Waals surface area contributed by atoms with Crippen LogP contribution in [0.15, 0.2) is 41.6 Å². The van der Waals surface area contributed by atoms with E-state index in [1.807, 2.05) is 0 Å². The first-order valence-electron chi connectivity index (χ1n) is 6.86. The minimum absolute atomic E-state index is 0.114. The van der Waals surface area contributed by atoms with Gasteiger partial charge in [0.15, 0.2) is 5.16 Å². The molecule has 0 unspecified atom stereocenters. The molecule has 0 fully saturated rings. The summed E-state index contributed by atoms with van der Waals surface area (Å²) in [7, 11) is 0. The van der Waals surface area contributed by atoms with Crippen LogP contribution in [0.5, 0.6) is 0 Å². The molecule has 1 heterocycles. The summed E-state index contributed by atoms with van der Waals surface area (Å²) >= 11 is 1.59. The summed E-state index contributed by atoms with van der Waals surface area (Å²) in [5.41, 5.74) is 5.62. The van der Waals surface area contributed by atoms with E-state index in [9.17, 15) is 10.1 Å². The van der Waals surface area contributed by atoms with E-state index < -0.39 is 0 Å². The van der Waals surface area contributed by atoms with E-state index in [1.165, 1.54) is 23.3 Å². The highest BCUT2D eigenvalue weighted by Crippen LogP contribution is 2.25. The summed E-state index contributed by atoms with van der Waals surface area (Å²) < 4.78 is 0. The number of H-pyrrole nitrogens is 1. The lowest BCUT2D eigenvalue weighted by atomic mass is 10.1. The van der Waals surface area contributed by atoms with Gasteiger partial charge in [0, 0.05) is 17.9 Å². The second kappa shape index (κ2) is 5.81. The van der Waals surface area contributed by atoms with Crippen molar-refractivity contribution < 1.29 is 4.92 Å². The van der Waals surface area contributed by atoms with Gasteiger partial charge in [-0.05, 0) is 42.7 Å². The zero-order valence-electron chi connectivity index (χ0n) is 12.3. The van der Waals surface area contributed by atoms with E-state index >= 15 is 0 Å². The molecule has 6 heteroatoms. The molecule has 0 bridgehead atoms. The van der Waals surface area contributed by atoms with Crippen molar-refractivity contribution >= 4 is 28.5 Å². The number of non-ortho nitro benzene ring substituents is 1. The first-order chi connectivity index (χ1) is 10.5. The number of aryl methyl sites for hydroxylation is 2. The zero-order valence-corrected chi connectivity index (χ0v) is 13.1. The summed E-state index contributed by atoms with van der Waals surface area (Å²) in [6.45, 7) is 4.16. The molecule has 0 radical (unpaired) electrons. The standard InChI is InChI=1S/C16H15N3O2S/c1-10-7-14-15(8-11(10)2)18-16(17-14)22-9-12-3-5-13(6-4-12)19(20)21/h3-8H,9H2,1-2H3,(H,17,18). The van der Waals surface area contributed by atoms with Crippen molar-refractivity contribution in [3.05, 3.63) is 63.2 Å². The van der Waals surface area contributed by atoms with Crippen LogP contribution in [-0.2, 0) is 5.75 Å². The number of rotatable bonds is 4. The molecule has 0 atom stereocenters. The van der Waals surface area contributed by atoms with Crippen molar-refractivity contribution in [2.24, 2.45) is 0 Å². The molecule has 3 rings (SSSR count). The largest absolute Gasteiger partial charge is 0.333 e. The number of nitro groups is 1. The maximum absolute atomic E-state index is 10.6. The predicted octanol–water partition coefficient (Wildman–Crippen LogP) is 4.38. The number of fused-ring (bicyclic) bond motifs is 1. The van der Waals surface area contributed by atoms with E-state index in [4.69, 9.17) is 0 Å². The molecular weight excluding hydrogens is 298 g/mol. The van der Waals surface area contributed by atoms with Crippen molar-refractivity contribution in [2.45, 2.75) is 24.8 Å². The lowest BCUT2D eigenvalue weighted by molar-refractivity contribution is -0.384. The normalized spacial score (nSPS) is 11.0. The molecule has 0 spiro atoms. The van der Waals surface area contributed by atoms with Crippen LogP contribution in [0.4, 0.5) is 5.69 Å². The second-order valence-corrected chi connectivity index (χ2v) is 6.17. The number of aromatic amines is 1. The summed E-state index contributed by atoms with van der Waals surface area (Å²) in [6.07, 6.45) is 0. The van der Waals surface area contributed by atoms with E-state index in [-0.39, 0.29) is 10.6 Å². The van der Waals surface area contributed by atoms with Crippen molar-refractivity contribution in [1.29, 1.82) is 0 Å². The number of aromatic nitrogens is 2. The maximum Gasteiger partial charge on any atom is 0.269 e. The second-order valence-electron chi connectivity index (χ2n) is 5.21. The molecule has 1 N–H and O–H groups in total. The molecule has 22 heavy (non-hydrogen) atoms. The van der Waals surface area contributed by atoms with Gasteiger partial charge in [0.25, 0.3) is 5.69 Å². The molecule has 3 aromatic rings. The first kappa shape index (κ1) is 14.6. The number of nitro benzene ring substituents is 1. The van der Waals surface area contributed by atoms with Gasteiger partial charge in [0.05, 0.1) is 16.0 Å². The number of nitrogens with zero attached hydrogens (tertiary/aromatic N) is 2. The van der Waals surface area contributed by atoms with Crippen LogP contribution in [-0.4, -0.2) is 14.9 Å². The quantitative estimate of drug-likeness (QED) is 0.441. The number of hydrogen-bond donors (Lipinski definition) is 1. The van der Waals surface area contributed by atoms with Gasteiger partial charge in [0.1, 0.15) is 0 Å². The van der Waals surface area contributed by atoms with Gasteiger partial charge >= 0.3 is 0 Å². The molecular formula is C16H15N3O2S. The topological polar surface area (TPSA) is 71.8 Å². The Kier molecular flexibility index (Phi) is 3.85. The van der Waals surface area contributed by atoms with Crippen LogP contribution in [0.3, 0.4) is 0 Å². The van der Waals surface area contributed by atoms with Gasteiger partial charge in [-0.2, -0.15) is 0 Å². The first-order valence-corrected chi connectivity index (χ1v) is 7.84. The fourth-order valence-corrected chi connectivity index (χ4v) is 3.02. The van der Waals surface area contributed by atoms with Crippen LogP contribution in [0, 0.1) is 24.0 Å². The highest BCUT2D eigenvalue weighted by molar-refractivity contribution is 7.98. The lowest BCUT2D eigenvalue weighted by Crippen LogP contribution is -1.88. The van der Waals surface area contributed by atoms with Crippen LogP contribution >= 0.6 is 11.8 Å². The van der Waals surface area contributed by atoms with Crippen molar-refractivity contribution in [2.75, 3.05) is 0 Å². The number of imidazole rings is 1. The fourth-order valence-electron chi connectivity index (χ4n) is 2.18. The summed E-state index contributed by atoms with van der Waals surface area (Å²) in [6, 6.07) is 10.8. The number of nitrogens with one attached hydrogen (secondary N) is 1. The highest BCUT2D eigenvalue weighted by Gasteiger charge is 2.07. The number of hydrogen-bond acceptors (Lipinski definition) is 4. The van der Waals surface area contributed by atoms with Gasteiger partial charge in [-0.3, -0.25) is 10.1 Å². The highest BCUT2D eigenvalue weighted by atomic mass is 32.2. The monoisotopic (exact) mass is 313 g/mol. The third-order valence-electron chi connectivity index (χ3n) is 3.60. The minimum atomic E-state index is -0.388. The van der Waals surface area contributed by atoms with E-state index in [0.717, 1.165) is 27.5 Å². The SMILES string of the molecule is Cc1cc2nc(SCc3ccc([N+](=O)[O-])cc3)[nH]c2cc1C. The van der Waals surface area contributed by atoms with Crippen LogP contribution < -0.4 is 0 Å². The third-order valence-corrected chi connectivity index (χ3v) is 4.54. The summed E-state index contributed by atoms with van der Waals surface area (Å²) in [4.78, 5) is 18.1. The van der Waals surface area contributed by atoms with Crippen LogP contribution in [0.2, 0.25) is 0 Å². The van der Waals surface area contributed by atoms with Crippen LogP contribution in [0.1, 0.15) is 16.7 Å². The Morgan fingerprint density at radius 2 is 1.86 bits per heavy atom. The van der Waals surface area contributed by atoms with Gasteiger partial charge in [0.2, 0.25) is 0 Å². The zero-order chi connectivity index (χ0) is 15.7. The Morgan fingerprint density at radius 3 is 2.55 bits per heavy atom. The number of benzene rings is 2. The maximum atomic E-state index is 10.6. The predicted molar refractivity (Wildman–Crippen MR) is 88.2 cm³/mol. The van der Waals surface area contributed by atoms with Gasteiger partial charge in [-0.1, -0.05) is 23.9 Å². The fraction of sp³-hybridized carbons (Fsp3) is 0.188. The lowest BCUT2D eigenvalue weighted by Gasteiger charge is -1.98. The van der Waals surface area contributed by atoms with E-state index in [1.54, 1.807) is 23.9 Å². The Labute approximate surface area is 131 Å². The summed E-state index contributed by atoms with van der Waals surface area (Å²) in [5, 5.41) is 11.5. The molecule has 0 saturated carbocycles. The molecule has 2 aromatic carbocycles. The minimum Gasteiger partial charge on any atom is -0.333 e. The molecule has 0 saturated heterocycles. The van der Waals surface area contributed by atoms with Crippen molar-refractivity contribution in [1.82, 2.24) is 9.97 Å². The Morgan fingerprint density at radius 1 is 1.18 bits per heavy atom. The Balaban J connectivity index is 1.74. The molecule has 0 aliphatic carbocycles. The van der Waals surface area contributed by atoms with Gasteiger partial charge in [-0.25, -0.2) is 4.98 Å². The Hall–Kier alpha value is -2.34. The summed E-state index contributed by atoms with van der Waals surface area (Å²) in [5.74, 6) is 0.718. The van der Waals surface area contributed by atoms with E-state index in [2.05, 4.69) is 35.9 Å². The molecule has 0 amide bonds. The number of thioether (sulfide) groups is 1. The van der Waals surface area contributed by atoms with Gasteiger partial charge < -0.3 is 4.98 Å². The van der Waals surface area contributed by atoms with Crippen molar-refractivity contribution in [3.63, 3.8) is 0 Å². The molecule has 0 aliphatic rings. The van der Waals surface area contributed by atoms with Crippen molar-refractivity contribution in [3.8, 4) is 0 Å². The smallest absolute Gasteiger partial charge is 0.269 e. The third kappa shape index (κ3) is 2.96. The molecule has 5 nitrogen and oxygen atoms in total. The molecule has 0 aliphatic heterocycles. The Bertz CT molecular complexity index is 801. The molecule has 1 aromatic heterocycles. The average molecular weight is 313 g/mol.